The number of benzene rings is 1. The largest absolute Gasteiger partial charge is 0.495 e. The van der Waals surface area contributed by atoms with Gasteiger partial charge in [0.15, 0.2) is 0 Å². The smallest absolute Gasteiger partial charge is 0.365 e. The minimum absolute atomic E-state index is 0.205. The Morgan fingerprint density at radius 1 is 1.26 bits per heavy atom. The molecule has 0 aliphatic heterocycles. The fraction of sp³-hybridized carbons (Fsp3) is 0.474. The predicted octanol–water partition coefficient (Wildman–Crippen LogP) is 4.86. The quantitative estimate of drug-likeness (QED) is 0.556. The van der Waals surface area contributed by atoms with E-state index in [0.717, 1.165) is 49.1 Å². The van der Waals surface area contributed by atoms with Gasteiger partial charge in [0.25, 0.3) is 0 Å². The van der Waals surface area contributed by atoms with Gasteiger partial charge in [-0.25, -0.2) is 4.79 Å². The Balaban J connectivity index is 2.04. The molecule has 0 saturated carbocycles. The van der Waals surface area contributed by atoms with Crippen molar-refractivity contribution in [3.05, 3.63) is 47.2 Å². The molecule has 1 aliphatic rings. The van der Waals surface area contributed by atoms with E-state index in [-0.39, 0.29) is 6.10 Å². The molecule has 1 aliphatic carbocycles. The molecule has 0 saturated heterocycles. The fourth-order valence-electron chi connectivity index (χ4n) is 2.65. The molecule has 0 N–H and O–H groups in total. The van der Waals surface area contributed by atoms with Gasteiger partial charge in [0.2, 0.25) is 0 Å². The number of carbonyl (C=O) groups excluding carboxylic acids is 1. The van der Waals surface area contributed by atoms with Gasteiger partial charge in [-0.3, -0.25) is 0 Å². The van der Waals surface area contributed by atoms with Crippen LogP contribution in [0.5, 0.6) is 0 Å². The third-order valence-corrected chi connectivity index (χ3v) is 3.96. The normalized spacial score (nSPS) is 18.0. The van der Waals surface area contributed by atoms with Crippen molar-refractivity contribution in [3.63, 3.8) is 0 Å². The van der Waals surface area contributed by atoms with Crippen LogP contribution in [0.25, 0.3) is 0 Å². The van der Waals surface area contributed by atoms with E-state index in [1.54, 1.807) is 24.3 Å². The third kappa shape index (κ3) is 4.95. The molecule has 0 radical (unpaired) electrons. The molecule has 0 spiro atoms. The lowest BCUT2D eigenvalue weighted by molar-refractivity contribution is 0.0514. The standard InChI is InChI=1S/C19H25NO3/c1-4-9-14(2)22-18-13-8-12-17(15(18)3)20-23-19(21)16-10-6-5-7-11-16/h5-7,10-11,14H,4,8-9,12-13H2,1-3H3/b20-17+. The van der Waals surface area contributed by atoms with Crippen LogP contribution in [0.15, 0.2) is 46.8 Å². The molecule has 0 aromatic heterocycles. The molecule has 0 amide bonds. The first-order chi connectivity index (χ1) is 11.1. The Kier molecular flexibility index (Phi) is 6.39. The molecule has 1 unspecified atom stereocenters. The summed E-state index contributed by atoms with van der Waals surface area (Å²) in [6, 6.07) is 8.89. The monoisotopic (exact) mass is 315 g/mol. The number of rotatable bonds is 6. The topological polar surface area (TPSA) is 47.9 Å². The highest BCUT2D eigenvalue weighted by Gasteiger charge is 2.19. The second-order valence-electron chi connectivity index (χ2n) is 5.90. The highest BCUT2D eigenvalue weighted by atomic mass is 16.7. The van der Waals surface area contributed by atoms with Crippen LogP contribution in [0.1, 0.15) is 63.2 Å². The summed E-state index contributed by atoms with van der Waals surface area (Å²) in [5.41, 5.74) is 2.31. The number of nitrogens with zero attached hydrogens (tertiary/aromatic N) is 1. The fourth-order valence-corrected chi connectivity index (χ4v) is 2.65. The molecule has 1 aromatic carbocycles. The number of allylic oxidation sites excluding steroid dienone is 2. The molecule has 2 rings (SSSR count). The minimum atomic E-state index is -0.432. The van der Waals surface area contributed by atoms with Crippen LogP contribution in [0.4, 0.5) is 0 Å². The van der Waals surface area contributed by atoms with Crippen LogP contribution < -0.4 is 0 Å². The van der Waals surface area contributed by atoms with Crippen LogP contribution in [0.2, 0.25) is 0 Å². The zero-order chi connectivity index (χ0) is 16.7. The number of carbonyl (C=O) groups is 1. The maximum absolute atomic E-state index is 12.0. The van der Waals surface area contributed by atoms with Gasteiger partial charge < -0.3 is 9.57 Å². The van der Waals surface area contributed by atoms with E-state index in [1.165, 1.54) is 0 Å². The van der Waals surface area contributed by atoms with E-state index >= 15 is 0 Å². The number of hydrogen-bond donors (Lipinski definition) is 0. The maximum atomic E-state index is 12.0. The average molecular weight is 315 g/mol. The van der Waals surface area contributed by atoms with Gasteiger partial charge in [-0.05, 0) is 45.2 Å². The minimum Gasteiger partial charge on any atom is -0.495 e. The maximum Gasteiger partial charge on any atom is 0.365 e. The third-order valence-electron chi connectivity index (χ3n) is 3.96. The van der Waals surface area contributed by atoms with Crippen molar-refractivity contribution in [1.82, 2.24) is 0 Å². The summed E-state index contributed by atoms with van der Waals surface area (Å²) in [7, 11) is 0. The van der Waals surface area contributed by atoms with Gasteiger partial charge in [0.05, 0.1) is 17.4 Å². The molecule has 1 atom stereocenters. The van der Waals surface area contributed by atoms with E-state index in [0.29, 0.717) is 5.56 Å². The second-order valence-corrected chi connectivity index (χ2v) is 5.90. The molecular formula is C19H25NO3. The molecule has 4 nitrogen and oxygen atoms in total. The summed E-state index contributed by atoms with van der Waals surface area (Å²) in [5.74, 6) is 0.546. The molecule has 1 aromatic rings. The highest BCUT2D eigenvalue weighted by molar-refractivity contribution is 6.01. The molecule has 124 valence electrons. The first-order valence-electron chi connectivity index (χ1n) is 8.31. The average Bonchev–Trinajstić information content (AvgIpc) is 2.56. The van der Waals surface area contributed by atoms with Crippen LogP contribution in [0.3, 0.4) is 0 Å². The lowest BCUT2D eigenvalue weighted by atomic mass is 9.96. The summed E-state index contributed by atoms with van der Waals surface area (Å²) in [6.45, 7) is 6.23. The van der Waals surface area contributed by atoms with Crippen molar-refractivity contribution in [3.8, 4) is 0 Å². The van der Waals surface area contributed by atoms with Crippen molar-refractivity contribution in [2.75, 3.05) is 0 Å². The highest BCUT2D eigenvalue weighted by Crippen LogP contribution is 2.25. The molecule has 0 fully saturated rings. The first-order valence-corrected chi connectivity index (χ1v) is 8.31. The van der Waals surface area contributed by atoms with Gasteiger partial charge in [-0.15, -0.1) is 0 Å². The van der Waals surface area contributed by atoms with Crippen LogP contribution in [-0.4, -0.2) is 17.8 Å². The van der Waals surface area contributed by atoms with Crippen molar-refractivity contribution in [1.29, 1.82) is 0 Å². The van der Waals surface area contributed by atoms with Crippen LogP contribution in [-0.2, 0) is 9.57 Å². The molecule has 0 bridgehead atoms. The van der Waals surface area contributed by atoms with Crippen molar-refractivity contribution >= 4 is 11.7 Å². The van der Waals surface area contributed by atoms with E-state index < -0.39 is 5.97 Å². The van der Waals surface area contributed by atoms with E-state index in [9.17, 15) is 4.79 Å². The van der Waals surface area contributed by atoms with Gasteiger partial charge in [-0.2, -0.15) is 0 Å². The zero-order valence-electron chi connectivity index (χ0n) is 14.2. The Morgan fingerprint density at radius 3 is 2.70 bits per heavy atom. The van der Waals surface area contributed by atoms with Gasteiger partial charge in [0.1, 0.15) is 5.76 Å². The van der Waals surface area contributed by atoms with Crippen LogP contribution in [0, 0.1) is 0 Å². The van der Waals surface area contributed by atoms with Gasteiger partial charge in [-0.1, -0.05) is 36.7 Å². The molecule has 4 heteroatoms. The molecular weight excluding hydrogens is 290 g/mol. The number of hydrogen-bond acceptors (Lipinski definition) is 4. The second kappa shape index (κ2) is 8.51. The zero-order valence-corrected chi connectivity index (χ0v) is 14.2. The van der Waals surface area contributed by atoms with Crippen LogP contribution >= 0.6 is 0 Å². The summed E-state index contributed by atoms with van der Waals surface area (Å²) in [5, 5.41) is 4.07. The van der Waals surface area contributed by atoms with Crippen molar-refractivity contribution < 1.29 is 14.4 Å². The van der Waals surface area contributed by atoms with E-state index in [1.807, 2.05) is 13.0 Å². The summed E-state index contributed by atoms with van der Waals surface area (Å²) in [4.78, 5) is 17.1. The molecule has 0 heterocycles. The SMILES string of the molecule is CCCC(C)OC1=C(C)/C(=N/OC(=O)c2ccccc2)CCC1. The predicted molar refractivity (Wildman–Crippen MR) is 91.3 cm³/mol. The summed E-state index contributed by atoms with van der Waals surface area (Å²) >= 11 is 0. The Hall–Kier alpha value is -2.10. The van der Waals surface area contributed by atoms with Gasteiger partial charge in [0, 0.05) is 12.0 Å². The number of oxime groups is 1. The Bertz CT molecular complexity index is 590. The summed E-state index contributed by atoms with van der Waals surface area (Å²) < 4.78 is 6.02. The van der Waals surface area contributed by atoms with E-state index in [4.69, 9.17) is 9.57 Å². The van der Waals surface area contributed by atoms with Gasteiger partial charge >= 0.3 is 5.97 Å². The van der Waals surface area contributed by atoms with Crippen molar-refractivity contribution in [2.24, 2.45) is 5.16 Å². The summed E-state index contributed by atoms with van der Waals surface area (Å²) in [6.07, 6.45) is 5.04. The van der Waals surface area contributed by atoms with Crippen molar-refractivity contribution in [2.45, 2.75) is 59.0 Å². The van der Waals surface area contributed by atoms with E-state index in [2.05, 4.69) is 19.0 Å². The lowest BCUT2D eigenvalue weighted by Gasteiger charge is -2.23. The molecule has 23 heavy (non-hydrogen) atoms. The number of ether oxygens (including phenoxy) is 1. The first kappa shape index (κ1) is 17.3. The Morgan fingerprint density at radius 2 is 2.00 bits per heavy atom. The lowest BCUT2D eigenvalue weighted by Crippen LogP contribution is -2.17. The Labute approximate surface area is 138 Å².